The van der Waals surface area contributed by atoms with Gasteiger partial charge in [-0.3, -0.25) is 9.59 Å². The average Bonchev–Trinajstić information content (AvgIpc) is 3.21. The number of ether oxygens (including phenoxy) is 1. The smallest absolute Gasteiger partial charge is 0.255 e. The van der Waals surface area contributed by atoms with E-state index in [1.54, 1.807) is 12.1 Å². The quantitative estimate of drug-likeness (QED) is 0.575. The first-order valence-electron chi connectivity index (χ1n) is 9.78. The highest BCUT2D eigenvalue weighted by molar-refractivity contribution is 7.89. The molecule has 2 amide bonds. The minimum absolute atomic E-state index is 0.0957. The third-order valence-electron chi connectivity index (χ3n) is 4.93. The van der Waals surface area contributed by atoms with E-state index in [4.69, 9.17) is 16.3 Å². The number of nitrogens with one attached hydrogen (secondary N) is 3. The molecule has 1 aliphatic rings. The number of carbonyl (C=O) groups excluding carboxylic acids is 2. The van der Waals surface area contributed by atoms with Crippen molar-refractivity contribution in [2.24, 2.45) is 0 Å². The maximum absolute atomic E-state index is 12.9. The molecule has 0 spiro atoms. The third kappa shape index (κ3) is 5.75. The lowest BCUT2D eigenvalue weighted by atomic mass is 10.2. The Morgan fingerprint density at radius 2 is 1.77 bits per heavy atom. The summed E-state index contributed by atoms with van der Waals surface area (Å²) in [5, 5.41) is 5.48. The fraction of sp³-hybridized carbons (Fsp3) is 0.333. The van der Waals surface area contributed by atoms with Crippen LogP contribution in [0.5, 0.6) is 5.75 Å². The van der Waals surface area contributed by atoms with Crippen molar-refractivity contribution < 1.29 is 22.7 Å². The number of benzene rings is 2. The summed E-state index contributed by atoms with van der Waals surface area (Å²) in [6.45, 7) is 1.38. The summed E-state index contributed by atoms with van der Waals surface area (Å²) in [6.07, 6.45) is 3.53. The zero-order valence-electron chi connectivity index (χ0n) is 17.2. The molecule has 0 heterocycles. The van der Waals surface area contributed by atoms with Crippen molar-refractivity contribution in [3.05, 3.63) is 47.0 Å². The summed E-state index contributed by atoms with van der Waals surface area (Å²) in [6, 6.07) is 8.74. The van der Waals surface area contributed by atoms with Gasteiger partial charge in [0.1, 0.15) is 10.6 Å². The lowest BCUT2D eigenvalue weighted by Crippen LogP contribution is -2.33. The van der Waals surface area contributed by atoms with E-state index in [1.165, 1.54) is 38.3 Å². The van der Waals surface area contributed by atoms with Crippen molar-refractivity contribution >= 4 is 44.8 Å². The van der Waals surface area contributed by atoms with Crippen molar-refractivity contribution in [3.63, 3.8) is 0 Å². The van der Waals surface area contributed by atoms with E-state index in [0.717, 1.165) is 25.7 Å². The van der Waals surface area contributed by atoms with E-state index in [2.05, 4.69) is 15.4 Å². The van der Waals surface area contributed by atoms with E-state index in [-0.39, 0.29) is 33.2 Å². The molecule has 10 heteroatoms. The van der Waals surface area contributed by atoms with Crippen molar-refractivity contribution in [2.75, 3.05) is 17.7 Å². The Morgan fingerprint density at radius 3 is 2.39 bits per heavy atom. The minimum atomic E-state index is -3.86. The zero-order valence-corrected chi connectivity index (χ0v) is 18.8. The summed E-state index contributed by atoms with van der Waals surface area (Å²) in [7, 11) is -2.49. The van der Waals surface area contributed by atoms with Crippen LogP contribution in [0.2, 0.25) is 5.02 Å². The molecule has 8 nitrogen and oxygen atoms in total. The number of anilines is 2. The molecular formula is C21H24ClN3O5S. The summed E-state index contributed by atoms with van der Waals surface area (Å²) < 4.78 is 33.7. The molecule has 166 valence electrons. The Bertz CT molecular complexity index is 1100. The van der Waals surface area contributed by atoms with Crippen LogP contribution >= 0.6 is 11.6 Å². The SMILES string of the molecule is COc1ccc(C(=O)Nc2ccc(NC(C)=O)cc2Cl)cc1S(=O)(=O)NC1CCCC1. The summed E-state index contributed by atoms with van der Waals surface area (Å²) in [5.41, 5.74) is 0.950. The van der Waals surface area contributed by atoms with Gasteiger partial charge in [-0.05, 0) is 49.2 Å². The number of amides is 2. The van der Waals surface area contributed by atoms with E-state index in [0.29, 0.717) is 11.4 Å². The highest BCUT2D eigenvalue weighted by atomic mass is 35.5. The molecule has 0 atom stereocenters. The first-order valence-corrected chi connectivity index (χ1v) is 11.6. The largest absolute Gasteiger partial charge is 0.495 e. The van der Waals surface area contributed by atoms with Crippen molar-refractivity contribution in [1.82, 2.24) is 4.72 Å². The van der Waals surface area contributed by atoms with Crippen LogP contribution in [0.3, 0.4) is 0 Å². The molecule has 0 aliphatic heterocycles. The third-order valence-corrected chi connectivity index (χ3v) is 6.78. The number of hydrogen-bond donors (Lipinski definition) is 3. The maximum atomic E-state index is 12.9. The molecule has 0 radical (unpaired) electrons. The Hall–Kier alpha value is -2.62. The van der Waals surface area contributed by atoms with Gasteiger partial charge in [-0.15, -0.1) is 0 Å². The molecular weight excluding hydrogens is 442 g/mol. The molecule has 1 fully saturated rings. The van der Waals surface area contributed by atoms with Gasteiger partial charge in [0.2, 0.25) is 15.9 Å². The van der Waals surface area contributed by atoms with Gasteiger partial charge in [0, 0.05) is 24.2 Å². The van der Waals surface area contributed by atoms with Gasteiger partial charge in [-0.1, -0.05) is 24.4 Å². The van der Waals surface area contributed by atoms with E-state index < -0.39 is 15.9 Å². The van der Waals surface area contributed by atoms with Crippen LogP contribution in [0, 0.1) is 0 Å². The van der Waals surface area contributed by atoms with Crippen molar-refractivity contribution in [3.8, 4) is 5.75 Å². The average molecular weight is 466 g/mol. The van der Waals surface area contributed by atoms with Gasteiger partial charge >= 0.3 is 0 Å². The molecule has 0 unspecified atom stereocenters. The topological polar surface area (TPSA) is 114 Å². The van der Waals surface area contributed by atoms with Gasteiger partial charge < -0.3 is 15.4 Å². The summed E-state index contributed by atoms with van der Waals surface area (Å²) in [5.74, 6) is -0.625. The van der Waals surface area contributed by atoms with Gasteiger partial charge in [0.15, 0.2) is 0 Å². The second-order valence-corrected chi connectivity index (χ2v) is 9.39. The zero-order chi connectivity index (χ0) is 22.6. The van der Waals surface area contributed by atoms with E-state index >= 15 is 0 Å². The maximum Gasteiger partial charge on any atom is 0.255 e. The van der Waals surface area contributed by atoms with E-state index in [9.17, 15) is 18.0 Å². The first kappa shape index (κ1) is 23.1. The molecule has 0 aromatic heterocycles. The molecule has 0 saturated heterocycles. The molecule has 31 heavy (non-hydrogen) atoms. The molecule has 1 aliphatic carbocycles. The minimum Gasteiger partial charge on any atom is -0.495 e. The number of hydrogen-bond acceptors (Lipinski definition) is 5. The molecule has 0 bridgehead atoms. The van der Waals surface area contributed by atoms with Crippen molar-refractivity contribution in [2.45, 2.75) is 43.5 Å². The Morgan fingerprint density at radius 1 is 1.06 bits per heavy atom. The predicted molar refractivity (Wildman–Crippen MR) is 119 cm³/mol. The molecule has 2 aromatic carbocycles. The Balaban J connectivity index is 1.83. The second-order valence-electron chi connectivity index (χ2n) is 7.30. The predicted octanol–water partition coefficient (Wildman–Crippen LogP) is 3.78. The summed E-state index contributed by atoms with van der Waals surface area (Å²) in [4.78, 5) is 23.8. The van der Waals surface area contributed by atoms with Crippen molar-refractivity contribution in [1.29, 1.82) is 0 Å². The van der Waals surface area contributed by atoms with Crippen LogP contribution in [0.15, 0.2) is 41.3 Å². The lowest BCUT2D eigenvalue weighted by molar-refractivity contribution is -0.114. The molecule has 3 rings (SSSR count). The van der Waals surface area contributed by atoms with Crippen LogP contribution in [-0.4, -0.2) is 33.4 Å². The monoisotopic (exact) mass is 465 g/mol. The van der Waals surface area contributed by atoms with Gasteiger partial charge in [-0.25, -0.2) is 13.1 Å². The Kier molecular flexibility index (Phi) is 7.19. The molecule has 2 aromatic rings. The lowest BCUT2D eigenvalue weighted by Gasteiger charge is -2.16. The number of sulfonamides is 1. The standard InChI is InChI=1S/C21H24ClN3O5S/c1-13(26)23-16-8-9-18(17(22)12-16)24-21(27)14-7-10-19(30-2)20(11-14)31(28,29)25-15-5-3-4-6-15/h7-12,15,25H,3-6H2,1-2H3,(H,23,26)(H,24,27). The number of methoxy groups -OCH3 is 1. The Labute approximate surface area is 186 Å². The van der Waals surface area contributed by atoms with Crippen LogP contribution in [0.25, 0.3) is 0 Å². The van der Waals surface area contributed by atoms with E-state index in [1.807, 2.05) is 0 Å². The number of rotatable bonds is 7. The van der Waals surface area contributed by atoms with Crippen LogP contribution in [0.4, 0.5) is 11.4 Å². The van der Waals surface area contributed by atoms with Crippen LogP contribution < -0.4 is 20.1 Å². The number of halogens is 1. The normalized spacial score (nSPS) is 14.3. The van der Waals surface area contributed by atoms with Gasteiger partial charge in [-0.2, -0.15) is 0 Å². The van der Waals surface area contributed by atoms with Gasteiger partial charge in [0.05, 0.1) is 17.8 Å². The first-order chi connectivity index (χ1) is 14.7. The van der Waals surface area contributed by atoms with Gasteiger partial charge in [0.25, 0.3) is 5.91 Å². The highest BCUT2D eigenvalue weighted by Crippen LogP contribution is 2.29. The highest BCUT2D eigenvalue weighted by Gasteiger charge is 2.26. The fourth-order valence-corrected chi connectivity index (χ4v) is 5.17. The molecule has 1 saturated carbocycles. The summed E-state index contributed by atoms with van der Waals surface area (Å²) >= 11 is 6.20. The van der Waals surface area contributed by atoms with Crippen LogP contribution in [0.1, 0.15) is 43.0 Å². The van der Waals surface area contributed by atoms with Crippen LogP contribution in [-0.2, 0) is 14.8 Å². The molecule has 3 N–H and O–H groups in total. The fourth-order valence-electron chi connectivity index (χ4n) is 3.45. The number of carbonyl (C=O) groups is 2. The second kappa shape index (κ2) is 9.67.